The second-order valence-electron chi connectivity index (χ2n) is 10.5. The van der Waals surface area contributed by atoms with Gasteiger partial charge in [-0.05, 0) is 53.9 Å². The van der Waals surface area contributed by atoms with Crippen molar-refractivity contribution in [3.05, 3.63) is 10.6 Å². The van der Waals surface area contributed by atoms with Crippen molar-refractivity contribution in [1.29, 1.82) is 0 Å². The average Bonchev–Trinajstić information content (AvgIpc) is 2.84. The molecule has 0 radical (unpaired) electrons. The van der Waals surface area contributed by atoms with Gasteiger partial charge in [0.05, 0.1) is 13.1 Å². The number of allylic oxidation sites excluding steroid dienone is 1. The Labute approximate surface area is 197 Å². The van der Waals surface area contributed by atoms with E-state index >= 15 is 0 Å². The molecule has 1 aliphatic carbocycles. The van der Waals surface area contributed by atoms with Gasteiger partial charge in [-0.15, -0.1) is 5.54 Å². The molecule has 2 atom stereocenters. The van der Waals surface area contributed by atoms with Gasteiger partial charge < -0.3 is 14.2 Å². The zero-order chi connectivity index (χ0) is 23.5. The van der Waals surface area contributed by atoms with Gasteiger partial charge in [0.15, 0.2) is 11.9 Å². The summed E-state index contributed by atoms with van der Waals surface area (Å²) >= 11 is 3.68. The van der Waals surface area contributed by atoms with Crippen molar-refractivity contribution in [3.63, 3.8) is 0 Å². The molecule has 1 aliphatic heterocycles. The minimum atomic E-state index is -1.53. The van der Waals surface area contributed by atoms with Crippen LogP contribution in [0.3, 0.4) is 0 Å². The monoisotopic (exact) mass is 509 g/mol. The number of carbonyl (C=O) groups excluding carboxylic acids is 1. The molecule has 0 saturated carbocycles. The predicted molar refractivity (Wildman–Crippen MR) is 130 cm³/mol. The van der Waals surface area contributed by atoms with E-state index in [1.54, 1.807) is 4.90 Å². The number of ether oxygens (including phenoxy) is 3. The minimum absolute atomic E-state index is 0.215. The SMILES string of the molecule is CC(C)(C)OC(=O)N(CC#C[C@@H]1OC(C)(C)O[C@@]12CCCC=C2Br)CC#C[Si](C)(C)C. The van der Waals surface area contributed by atoms with Gasteiger partial charge in [-0.2, -0.15) is 0 Å². The summed E-state index contributed by atoms with van der Waals surface area (Å²) < 4.78 is 19.0. The van der Waals surface area contributed by atoms with Crippen LogP contribution in [-0.2, 0) is 14.2 Å². The zero-order valence-corrected chi connectivity index (χ0v) is 22.7. The first-order valence-electron chi connectivity index (χ1n) is 10.8. The van der Waals surface area contributed by atoms with Gasteiger partial charge in [0.1, 0.15) is 19.3 Å². The molecule has 1 fully saturated rings. The molecule has 1 heterocycles. The molecule has 2 aliphatic rings. The standard InChI is InChI=1S/C24H36BrNO4Si/c1-22(2,3)29-21(27)26(17-12-18-31(6,7)8)16-11-14-20-24(30-23(4,5)28-20)15-10-9-13-19(24)25/h13,20H,9-10,15-17H2,1-8H3/t20-,24+/m0/s1. The van der Waals surface area contributed by atoms with Crippen LogP contribution in [0.4, 0.5) is 4.79 Å². The minimum Gasteiger partial charge on any atom is -0.444 e. The van der Waals surface area contributed by atoms with Crippen molar-refractivity contribution >= 4 is 30.1 Å². The van der Waals surface area contributed by atoms with E-state index in [9.17, 15) is 4.79 Å². The van der Waals surface area contributed by atoms with Crippen molar-refractivity contribution in [3.8, 4) is 23.3 Å². The summed E-state index contributed by atoms with van der Waals surface area (Å²) in [6.45, 7) is 16.4. The highest BCUT2D eigenvalue weighted by Crippen LogP contribution is 2.48. The fourth-order valence-corrected chi connectivity index (χ4v) is 4.75. The van der Waals surface area contributed by atoms with Crippen LogP contribution in [0.2, 0.25) is 19.6 Å². The lowest BCUT2D eigenvalue weighted by Gasteiger charge is -2.34. The maximum absolute atomic E-state index is 12.7. The van der Waals surface area contributed by atoms with Crippen LogP contribution < -0.4 is 0 Å². The Morgan fingerprint density at radius 1 is 1.29 bits per heavy atom. The molecular formula is C24H36BrNO4Si. The molecule has 31 heavy (non-hydrogen) atoms. The van der Waals surface area contributed by atoms with Gasteiger partial charge in [-0.3, -0.25) is 4.90 Å². The van der Waals surface area contributed by atoms with E-state index in [1.807, 2.05) is 34.6 Å². The Morgan fingerprint density at radius 2 is 1.94 bits per heavy atom. The summed E-state index contributed by atoms with van der Waals surface area (Å²) in [6.07, 6.45) is 4.18. The fraction of sp³-hybridized carbons (Fsp3) is 0.708. The largest absolute Gasteiger partial charge is 0.444 e. The van der Waals surface area contributed by atoms with E-state index in [0.29, 0.717) is 0 Å². The number of halogens is 1. The molecule has 0 bridgehead atoms. The van der Waals surface area contributed by atoms with Gasteiger partial charge in [0.2, 0.25) is 0 Å². The van der Waals surface area contributed by atoms with Crippen LogP contribution >= 0.6 is 15.9 Å². The van der Waals surface area contributed by atoms with E-state index < -0.39 is 37.3 Å². The quantitative estimate of drug-likeness (QED) is 0.366. The molecule has 2 rings (SSSR count). The highest BCUT2D eigenvalue weighted by Gasteiger charge is 2.54. The van der Waals surface area contributed by atoms with Crippen molar-refractivity contribution in [2.24, 2.45) is 0 Å². The molecule has 172 valence electrons. The Morgan fingerprint density at radius 3 is 2.52 bits per heavy atom. The molecule has 0 N–H and O–H groups in total. The Bertz CT molecular complexity index is 832. The smallest absolute Gasteiger partial charge is 0.411 e. The molecule has 7 heteroatoms. The van der Waals surface area contributed by atoms with Crippen LogP contribution in [0.5, 0.6) is 0 Å². The Balaban J connectivity index is 2.21. The van der Waals surface area contributed by atoms with Gasteiger partial charge in [0, 0.05) is 4.48 Å². The van der Waals surface area contributed by atoms with Crippen LogP contribution in [0, 0.1) is 23.3 Å². The summed E-state index contributed by atoms with van der Waals surface area (Å²) in [5.74, 6) is 8.78. The van der Waals surface area contributed by atoms with E-state index in [-0.39, 0.29) is 13.1 Å². The third kappa shape index (κ3) is 7.68. The van der Waals surface area contributed by atoms with E-state index in [1.165, 1.54) is 0 Å². The maximum atomic E-state index is 12.7. The molecule has 0 aromatic heterocycles. The summed E-state index contributed by atoms with van der Waals surface area (Å²) in [4.78, 5) is 14.2. The van der Waals surface area contributed by atoms with E-state index in [0.717, 1.165) is 23.7 Å². The molecule has 1 amide bonds. The number of amides is 1. The van der Waals surface area contributed by atoms with E-state index in [4.69, 9.17) is 14.2 Å². The Kier molecular flexibility index (Phi) is 8.14. The number of rotatable bonds is 2. The molecule has 0 aromatic rings. The molecule has 0 unspecified atom stereocenters. The van der Waals surface area contributed by atoms with Crippen molar-refractivity contribution in [1.82, 2.24) is 4.90 Å². The second kappa shape index (κ2) is 9.71. The van der Waals surface area contributed by atoms with Gasteiger partial charge >= 0.3 is 6.09 Å². The normalized spacial score (nSPS) is 25.1. The third-order valence-corrected chi connectivity index (χ3v) is 6.54. The molecular weight excluding hydrogens is 474 g/mol. The lowest BCUT2D eigenvalue weighted by molar-refractivity contribution is -0.155. The first-order valence-corrected chi connectivity index (χ1v) is 15.1. The molecule has 5 nitrogen and oxygen atoms in total. The Hall–Kier alpha value is -1.25. The van der Waals surface area contributed by atoms with Gasteiger partial charge in [-0.1, -0.05) is 59.4 Å². The second-order valence-corrected chi connectivity index (χ2v) is 16.1. The number of hydrogen-bond donors (Lipinski definition) is 0. The molecule has 1 saturated heterocycles. The lowest BCUT2D eigenvalue weighted by Crippen LogP contribution is -2.41. The van der Waals surface area contributed by atoms with E-state index in [2.05, 4.69) is 65.0 Å². The van der Waals surface area contributed by atoms with Crippen LogP contribution in [0.15, 0.2) is 10.6 Å². The zero-order valence-electron chi connectivity index (χ0n) is 20.1. The highest BCUT2D eigenvalue weighted by atomic mass is 79.9. The molecule has 1 spiro atoms. The molecule has 0 aromatic carbocycles. The van der Waals surface area contributed by atoms with Crippen LogP contribution in [-0.4, -0.2) is 55.2 Å². The fourth-order valence-electron chi connectivity index (χ4n) is 3.43. The third-order valence-electron chi connectivity index (χ3n) is 4.62. The number of carbonyl (C=O) groups is 1. The summed E-state index contributed by atoms with van der Waals surface area (Å²) in [7, 11) is -1.53. The van der Waals surface area contributed by atoms with Crippen LogP contribution in [0.1, 0.15) is 53.9 Å². The summed E-state index contributed by atoms with van der Waals surface area (Å²) in [5, 5.41) is 0. The van der Waals surface area contributed by atoms with Crippen molar-refractivity contribution in [2.75, 3.05) is 13.1 Å². The van der Waals surface area contributed by atoms with Crippen LogP contribution in [0.25, 0.3) is 0 Å². The van der Waals surface area contributed by atoms with Crippen molar-refractivity contribution in [2.45, 2.75) is 96.6 Å². The average molecular weight is 511 g/mol. The highest BCUT2D eigenvalue weighted by molar-refractivity contribution is 9.11. The first-order chi connectivity index (χ1) is 14.1. The van der Waals surface area contributed by atoms with Crippen molar-refractivity contribution < 1.29 is 19.0 Å². The first kappa shape index (κ1) is 26.0. The summed E-state index contributed by atoms with van der Waals surface area (Å²) in [5.41, 5.74) is 2.12. The van der Waals surface area contributed by atoms with Gasteiger partial charge in [0.25, 0.3) is 0 Å². The maximum Gasteiger partial charge on any atom is 0.411 e. The number of hydrogen-bond acceptors (Lipinski definition) is 4. The van der Waals surface area contributed by atoms with Gasteiger partial charge in [-0.25, -0.2) is 4.79 Å². The predicted octanol–water partition coefficient (Wildman–Crippen LogP) is 5.46. The summed E-state index contributed by atoms with van der Waals surface area (Å²) in [6, 6.07) is 0. The lowest BCUT2D eigenvalue weighted by atomic mass is 9.86. The number of nitrogens with zero attached hydrogens (tertiary/aromatic N) is 1. The topological polar surface area (TPSA) is 48.0 Å².